The number of nitrogens with zero attached hydrogens (tertiary/aromatic N) is 4. The lowest BCUT2D eigenvalue weighted by Gasteiger charge is -2.39. The number of anilines is 1. The molecular weight excluding hydrogens is 384 g/mol. The fourth-order valence-electron chi connectivity index (χ4n) is 3.58. The van der Waals surface area contributed by atoms with E-state index in [1.165, 1.54) is 0 Å². The number of imidazole rings is 1. The van der Waals surface area contributed by atoms with Crippen molar-refractivity contribution in [2.24, 2.45) is 17.2 Å². The minimum absolute atomic E-state index is 0.0444. The van der Waals surface area contributed by atoms with Gasteiger partial charge in [-0.1, -0.05) is 6.42 Å². The quantitative estimate of drug-likeness (QED) is 0.210. The number of aromatic nitrogens is 4. The molecule has 11 N–H and O–H groups in total. The Morgan fingerprint density at radius 1 is 1.34 bits per heavy atom. The van der Waals surface area contributed by atoms with Crippen molar-refractivity contribution in [3.63, 3.8) is 0 Å². The number of carbonyl (C=O) groups is 1. The Morgan fingerprint density at radius 2 is 2.07 bits per heavy atom. The summed E-state index contributed by atoms with van der Waals surface area (Å²) >= 11 is 0. The highest BCUT2D eigenvalue weighted by Gasteiger charge is 2.69. The van der Waals surface area contributed by atoms with E-state index in [0.29, 0.717) is 19.4 Å². The molecule has 0 saturated carbocycles. The van der Waals surface area contributed by atoms with Crippen molar-refractivity contribution < 1.29 is 24.9 Å². The van der Waals surface area contributed by atoms with Gasteiger partial charge in [0.2, 0.25) is 11.4 Å². The lowest BCUT2D eigenvalue weighted by atomic mass is 9.82. The molecule has 1 unspecified atom stereocenters. The summed E-state index contributed by atoms with van der Waals surface area (Å²) in [5.41, 5.74) is 21.1. The average molecular weight is 410 g/mol. The maximum absolute atomic E-state index is 13.1. The first-order chi connectivity index (χ1) is 13.7. The number of aliphatic hydroxyl groups excluding tert-OH is 2. The fourth-order valence-corrected chi connectivity index (χ4v) is 3.58. The number of nitrogen functional groups attached to an aromatic ring is 1. The van der Waals surface area contributed by atoms with Gasteiger partial charge in [0.25, 0.3) is 0 Å². The van der Waals surface area contributed by atoms with Gasteiger partial charge >= 0.3 is 0 Å². The minimum atomic E-state index is -2.70. The summed E-state index contributed by atoms with van der Waals surface area (Å²) in [6.07, 6.45) is 0.464. The molecule has 1 aliphatic rings. The molecule has 2 aromatic heterocycles. The Kier molecular flexibility index (Phi) is 5.82. The number of rotatable bonds is 8. The molecule has 0 aliphatic carbocycles. The molecule has 0 radical (unpaired) electrons. The molecule has 0 spiro atoms. The summed E-state index contributed by atoms with van der Waals surface area (Å²) in [4.78, 5) is 25.1. The second-order valence-corrected chi connectivity index (χ2v) is 7.05. The first-order valence-corrected chi connectivity index (χ1v) is 9.14. The molecule has 1 fully saturated rings. The molecule has 3 heterocycles. The third kappa shape index (κ3) is 3.16. The molecule has 29 heavy (non-hydrogen) atoms. The zero-order valence-corrected chi connectivity index (χ0v) is 15.7. The maximum atomic E-state index is 13.1. The van der Waals surface area contributed by atoms with Gasteiger partial charge in [-0.3, -0.25) is 15.1 Å². The number of ether oxygens (including phenoxy) is 1. The van der Waals surface area contributed by atoms with E-state index in [2.05, 4.69) is 15.0 Å². The standard InChI is InChI=1S/C16H26N8O5/c17-4-2-1-3-8(18)11(26)15(28)12(27)9(5-25)29-16(15,20)24-7-23-10-13(19)21-6-22-14(10)24/h6-9,12,25,27-28H,1-5,17-18,20H2,(H2,19,21,22)/t8?,9-,12-,15-,16+/m1/s1. The van der Waals surface area contributed by atoms with Gasteiger partial charge in [0.1, 0.15) is 30.4 Å². The molecule has 5 atom stereocenters. The second-order valence-electron chi connectivity index (χ2n) is 7.05. The number of carbonyl (C=O) groups excluding carboxylic acids is 1. The van der Waals surface area contributed by atoms with E-state index in [0.717, 1.165) is 17.2 Å². The number of fused-ring (bicyclic) bond motifs is 1. The van der Waals surface area contributed by atoms with Crippen LogP contribution in [-0.2, 0) is 15.4 Å². The summed E-state index contributed by atoms with van der Waals surface area (Å²) < 4.78 is 6.64. The van der Waals surface area contributed by atoms with Crippen LogP contribution in [0.25, 0.3) is 11.2 Å². The van der Waals surface area contributed by atoms with Crippen molar-refractivity contribution in [2.75, 3.05) is 18.9 Å². The smallest absolute Gasteiger partial charge is 0.242 e. The first-order valence-electron chi connectivity index (χ1n) is 9.14. The molecular formula is C16H26N8O5. The molecule has 0 bridgehead atoms. The number of unbranched alkanes of at least 4 members (excludes halogenated alkanes) is 1. The number of nitrogens with two attached hydrogens (primary N) is 4. The average Bonchev–Trinajstić information content (AvgIpc) is 3.23. The van der Waals surface area contributed by atoms with Crippen molar-refractivity contribution in [2.45, 2.75) is 49.0 Å². The van der Waals surface area contributed by atoms with Gasteiger partial charge in [-0.15, -0.1) is 0 Å². The highest BCUT2D eigenvalue weighted by Crippen LogP contribution is 2.42. The monoisotopic (exact) mass is 410 g/mol. The lowest BCUT2D eigenvalue weighted by molar-refractivity contribution is -0.197. The van der Waals surface area contributed by atoms with Crippen LogP contribution in [0.3, 0.4) is 0 Å². The largest absolute Gasteiger partial charge is 0.394 e. The summed E-state index contributed by atoms with van der Waals surface area (Å²) in [5, 5.41) is 31.6. The summed E-state index contributed by atoms with van der Waals surface area (Å²) in [7, 11) is 0. The van der Waals surface area contributed by atoms with Crippen LogP contribution in [0.2, 0.25) is 0 Å². The molecule has 2 aromatic rings. The molecule has 13 nitrogen and oxygen atoms in total. The highest BCUT2D eigenvalue weighted by atomic mass is 16.6. The van der Waals surface area contributed by atoms with E-state index in [1.54, 1.807) is 0 Å². The predicted molar refractivity (Wildman–Crippen MR) is 101 cm³/mol. The van der Waals surface area contributed by atoms with Gasteiger partial charge in [0, 0.05) is 0 Å². The SMILES string of the molecule is NCCCCC(N)C(=O)[C@@]1(O)[C@H](O)[C@@H](CO)O[C@@]1(N)n1cnc2c(N)ncnc21. The molecule has 3 rings (SSSR count). The molecule has 13 heteroatoms. The zero-order chi connectivity index (χ0) is 21.4. The maximum Gasteiger partial charge on any atom is 0.242 e. The Morgan fingerprint density at radius 3 is 2.72 bits per heavy atom. The Bertz CT molecular complexity index is 893. The number of ketones is 1. The Hall–Kier alpha value is -2.26. The van der Waals surface area contributed by atoms with E-state index in [4.69, 9.17) is 27.7 Å². The number of hydrogen-bond donors (Lipinski definition) is 7. The van der Waals surface area contributed by atoms with Crippen molar-refractivity contribution in [3.05, 3.63) is 12.7 Å². The molecule has 160 valence electrons. The Balaban J connectivity index is 2.09. The molecule has 0 aromatic carbocycles. The third-order valence-electron chi connectivity index (χ3n) is 5.24. The predicted octanol–water partition coefficient (Wildman–Crippen LogP) is -3.51. The molecule has 0 amide bonds. The van der Waals surface area contributed by atoms with Crippen LogP contribution in [0, 0.1) is 0 Å². The number of hydrogen-bond acceptors (Lipinski definition) is 12. The van der Waals surface area contributed by atoms with Gasteiger partial charge in [-0.25, -0.2) is 15.0 Å². The lowest BCUT2D eigenvalue weighted by Crippen LogP contribution is -2.69. The van der Waals surface area contributed by atoms with Crippen LogP contribution in [-0.4, -0.2) is 77.6 Å². The van der Waals surface area contributed by atoms with Crippen molar-refractivity contribution in [1.82, 2.24) is 19.5 Å². The molecule has 1 saturated heterocycles. The van der Waals surface area contributed by atoms with Crippen LogP contribution in [0.1, 0.15) is 19.3 Å². The third-order valence-corrected chi connectivity index (χ3v) is 5.24. The van der Waals surface area contributed by atoms with E-state index in [-0.39, 0.29) is 23.4 Å². The van der Waals surface area contributed by atoms with Gasteiger partial charge in [-0.05, 0) is 19.4 Å². The van der Waals surface area contributed by atoms with Gasteiger partial charge < -0.3 is 37.3 Å². The van der Waals surface area contributed by atoms with Crippen LogP contribution < -0.4 is 22.9 Å². The minimum Gasteiger partial charge on any atom is -0.394 e. The van der Waals surface area contributed by atoms with E-state index in [9.17, 15) is 20.1 Å². The van der Waals surface area contributed by atoms with Gasteiger partial charge in [0.05, 0.1) is 12.6 Å². The fraction of sp³-hybridized carbons (Fsp3) is 0.625. The van der Waals surface area contributed by atoms with Gasteiger partial charge in [-0.2, -0.15) is 0 Å². The van der Waals surface area contributed by atoms with Crippen LogP contribution in [0.4, 0.5) is 5.82 Å². The zero-order valence-electron chi connectivity index (χ0n) is 15.7. The summed E-state index contributed by atoms with van der Waals surface area (Å²) in [6, 6.07) is -1.15. The van der Waals surface area contributed by atoms with Crippen molar-refractivity contribution in [3.8, 4) is 0 Å². The molecule has 1 aliphatic heterocycles. The van der Waals surface area contributed by atoms with Crippen LogP contribution in [0.15, 0.2) is 12.7 Å². The second kappa shape index (κ2) is 7.87. The normalized spacial score (nSPS) is 30.7. The van der Waals surface area contributed by atoms with Crippen molar-refractivity contribution >= 4 is 22.8 Å². The van der Waals surface area contributed by atoms with Crippen LogP contribution >= 0.6 is 0 Å². The number of Topliss-reactive ketones (excluding diaryl/α,β-unsaturated/α-hetero) is 1. The van der Waals surface area contributed by atoms with E-state index >= 15 is 0 Å². The topological polar surface area (TPSA) is 235 Å². The first kappa shape index (κ1) is 21.4. The van der Waals surface area contributed by atoms with Gasteiger partial charge in [0.15, 0.2) is 17.2 Å². The van der Waals surface area contributed by atoms with E-state index < -0.39 is 42.1 Å². The van der Waals surface area contributed by atoms with Crippen LogP contribution in [0.5, 0.6) is 0 Å². The van der Waals surface area contributed by atoms with Crippen molar-refractivity contribution in [1.29, 1.82) is 0 Å². The summed E-state index contributed by atoms with van der Waals surface area (Å²) in [5.74, 6) is -3.26. The summed E-state index contributed by atoms with van der Waals surface area (Å²) in [6.45, 7) is -0.283. The number of aliphatic hydroxyl groups is 3. The highest BCUT2D eigenvalue weighted by molar-refractivity contribution is 5.94. The van der Waals surface area contributed by atoms with E-state index in [1.807, 2.05) is 0 Å². The Labute approximate surface area is 165 Å².